The maximum Gasteiger partial charge on any atom is 0.418 e. The van der Waals surface area contributed by atoms with Crippen LogP contribution in [0, 0.1) is 5.92 Å². The lowest BCUT2D eigenvalue weighted by atomic mass is 9.96. The number of aliphatic hydroxyl groups is 1. The summed E-state index contributed by atoms with van der Waals surface area (Å²) in [6.07, 6.45) is -3.49. The number of para-hydroxylation sites is 1. The number of pyridine rings is 1. The molecule has 0 amide bonds. The van der Waals surface area contributed by atoms with Crippen molar-refractivity contribution in [3.05, 3.63) is 41.1 Å². The second kappa shape index (κ2) is 9.36. The Kier molecular flexibility index (Phi) is 7.08. The van der Waals surface area contributed by atoms with Gasteiger partial charge in [-0.3, -0.25) is 0 Å². The van der Waals surface area contributed by atoms with Crippen molar-refractivity contribution in [3.63, 3.8) is 0 Å². The van der Waals surface area contributed by atoms with E-state index in [-0.39, 0.29) is 28.7 Å². The highest BCUT2D eigenvalue weighted by molar-refractivity contribution is 5.86. The number of halogens is 4. The number of benzene rings is 1. The van der Waals surface area contributed by atoms with E-state index in [0.29, 0.717) is 5.92 Å². The van der Waals surface area contributed by atoms with Crippen LogP contribution < -0.4 is 5.32 Å². The van der Waals surface area contributed by atoms with Gasteiger partial charge in [0.05, 0.1) is 22.9 Å². The minimum absolute atomic E-state index is 0.116. The monoisotopic (exact) mass is 413 g/mol. The molecule has 4 nitrogen and oxygen atoms in total. The third kappa shape index (κ3) is 5.24. The standard InChI is InChI=1S/C21H27F4N3O/c1-2-28-8-6-14(7-9-28)12-26-13-19(29)17-10-15(11-22)27-20-16(17)4-3-5-18(20)21(23,24)25/h3-5,10,14,19,26,29H,2,6-9,11-13H2,1H3. The molecule has 2 N–H and O–H groups in total. The fourth-order valence-electron chi connectivity index (χ4n) is 3.94. The molecule has 2 aromatic rings. The highest BCUT2D eigenvalue weighted by Crippen LogP contribution is 2.36. The summed E-state index contributed by atoms with van der Waals surface area (Å²) in [6.45, 7) is 5.23. The fraction of sp³-hybridized carbons (Fsp3) is 0.571. The van der Waals surface area contributed by atoms with Crippen LogP contribution in [0.2, 0.25) is 0 Å². The number of fused-ring (bicyclic) bond motifs is 1. The van der Waals surface area contributed by atoms with Gasteiger partial charge in [-0.1, -0.05) is 19.1 Å². The van der Waals surface area contributed by atoms with Crippen molar-refractivity contribution in [1.82, 2.24) is 15.2 Å². The predicted molar refractivity (Wildman–Crippen MR) is 104 cm³/mol. The molecule has 1 fully saturated rings. The summed E-state index contributed by atoms with van der Waals surface area (Å²) in [5, 5.41) is 14.1. The van der Waals surface area contributed by atoms with Crippen molar-refractivity contribution in [2.75, 3.05) is 32.7 Å². The van der Waals surface area contributed by atoms with E-state index in [0.717, 1.165) is 45.1 Å². The lowest BCUT2D eigenvalue weighted by Gasteiger charge is -2.31. The first kappa shape index (κ1) is 21.9. The van der Waals surface area contributed by atoms with Gasteiger partial charge in [-0.15, -0.1) is 0 Å². The number of hydrogen-bond donors (Lipinski definition) is 2. The van der Waals surface area contributed by atoms with Gasteiger partial charge in [-0.2, -0.15) is 13.2 Å². The van der Waals surface area contributed by atoms with Crippen LogP contribution in [0.15, 0.2) is 24.3 Å². The van der Waals surface area contributed by atoms with Crippen molar-refractivity contribution < 1.29 is 22.7 Å². The average molecular weight is 413 g/mol. The first-order valence-corrected chi connectivity index (χ1v) is 10.00. The summed E-state index contributed by atoms with van der Waals surface area (Å²) >= 11 is 0. The molecule has 1 aliphatic rings. The van der Waals surface area contributed by atoms with Crippen LogP contribution in [0.5, 0.6) is 0 Å². The molecule has 1 saturated heterocycles. The molecule has 1 atom stereocenters. The topological polar surface area (TPSA) is 48.4 Å². The van der Waals surface area contributed by atoms with Crippen LogP contribution in [-0.2, 0) is 12.9 Å². The zero-order valence-corrected chi connectivity index (χ0v) is 16.5. The summed E-state index contributed by atoms with van der Waals surface area (Å²) < 4.78 is 53.2. The summed E-state index contributed by atoms with van der Waals surface area (Å²) in [5.74, 6) is 0.511. The molecule has 8 heteroatoms. The van der Waals surface area contributed by atoms with Crippen LogP contribution >= 0.6 is 0 Å². The molecular formula is C21H27F4N3O. The maximum atomic E-state index is 13.3. The number of alkyl halides is 4. The van der Waals surface area contributed by atoms with Crippen molar-refractivity contribution in [2.24, 2.45) is 5.92 Å². The number of nitrogens with zero attached hydrogens (tertiary/aromatic N) is 2. The number of rotatable bonds is 7. The van der Waals surface area contributed by atoms with E-state index >= 15 is 0 Å². The molecule has 3 rings (SSSR count). The van der Waals surface area contributed by atoms with Gasteiger partial charge in [0.1, 0.15) is 6.67 Å². The maximum absolute atomic E-state index is 13.3. The molecule has 1 aliphatic heterocycles. The Morgan fingerprint density at radius 2 is 2.00 bits per heavy atom. The van der Waals surface area contributed by atoms with Crippen molar-refractivity contribution in [1.29, 1.82) is 0 Å². The third-order valence-corrected chi connectivity index (χ3v) is 5.65. The second-order valence-electron chi connectivity index (χ2n) is 7.59. The minimum atomic E-state index is -4.60. The van der Waals surface area contributed by atoms with Gasteiger partial charge in [-0.25, -0.2) is 9.37 Å². The molecular weight excluding hydrogens is 386 g/mol. The summed E-state index contributed by atoms with van der Waals surface area (Å²) in [6, 6.07) is 5.05. The summed E-state index contributed by atoms with van der Waals surface area (Å²) in [5.41, 5.74) is -1.09. The van der Waals surface area contributed by atoms with Crippen LogP contribution in [-0.4, -0.2) is 47.7 Å². The van der Waals surface area contributed by atoms with Gasteiger partial charge in [0, 0.05) is 11.9 Å². The number of nitrogens with one attached hydrogen (secondary N) is 1. The molecule has 0 radical (unpaired) electrons. The quantitative estimate of drug-likeness (QED) is 0.672. The zero-order valence-electron chi connectivity index (χ0n) is 16.5. The molecule has 2 heterocycles. The second-order valence-corrected chi connectivity index (χ2v) is 7.59. The summed E-state index contributed by atoms with van der Waals surface area (Å²) in [7, 11) is 0. The molecule has 1 aromatic carbocycles. The Labute approximate surface area is 167 Å². The van der Waals surface area contributed by atoms with E-state index in [4.69, 9.17) is 0 Å². The SMILES string of the molecule is CCN1CCC(CNCC(O)c2cc(CF)nc3c(C(F)(F)F)cccc23)CC1. The number of aromatic nitrogens is 1. The molecule has 1 unspecified atom stereocenters. The van der Waals surface area contributed by atoms with Crippen LogP contribution in [0.25, 0.3) is 10.9 Å². The van der Waals surface area contributed by atoms with Gasteiger partial charge < -0.3 is 15.3 Å². The van der Waals surface area contributed by atoms with Gasteiger partial charge in [0.2, 0.25) is 0 Å². The first-order valence-electron chi connectivity index (χ1n) is 10.00. The van der Waals surface area contributed by atoms with Gasteiger partial charge in [0.25, 0.3) is 0 Å². The minimum Gasteiger partial charge on any atom is -0.387 e. The normalized spacial score (nSPS) is 17.7. The van der Waals surface area contributed by atoms with Crippen LogP contribution in [0.1, 0.15) is 42.7 Å². The van der Waals surface area contributed by atoms with E-state index in [1.165, 1.54) is 18.2 Å². The average Bonchev–Trinajstić information content (AvgIpc) is 2.72. The van der Waals surface area contributed by atoms with Crippen molar-refractivity contribution >= 4 is 10.9 Å². The lowest BCUT2D eigenvalue weighted by Crippen LogP contribution is -2.37. The summed E-state index contributed by atoms with van der Waals surface area (Å²) in [4.78, 5) is 6.23. The zero-order chi connectivity index (χ0) is 21.0. The molecule has 0 aliphatic carbocycles. The van der Waals surface area contributed by atoms with E-state index in [9.17, 15) is 22.7 Å². The molecule has 0 bridgehead atoms. The molecule has 1 aromatic heterocycles. The predicted octanol–water partition coefficient (Wildman–Crippen LogP) is 4.08. The Balaban J connectivity index is 1.74. The Morgan fingerprint density at radius 1 is 1.28 bits per heavy atom. The number of aliphatic hydroxyl groups excluding tert-OH is 1. The number of piperidine rings is 1. The highest BCUT2D eigenvalue weighted by Gasteiger charge is 2.34. The van der Waals surface area contributed by atoms with Crippen molar-refractivity contribution in [2.45, 2.75) is 38.7 Å². The smallest absolute Gasteiger partial charge is 0.387 e. The Hall–Kier alpha value is -1.77. The van der Waals surface area contributed by atoms with E-state index in [1.54, 1.807) is 0 Å². The number of likely N-dealkylation sites (tertiary alicyclic amines) is 1. The van der Waals surface area contributed by atoms with E-state index < -0.39 is 24.5 Å². The largest absolute Gasteiger partial charge is 0.418 e. The Morgan fingerprint density at radius 3 is 2.62 bits per heavy atom. The van der Waals surface area contributed by atoms with Gasteiger partial charge in [-0.05, 0) is 62.6 Å². The van der Waals surface area contributed by atoms with E-state index in [2.05, 4.69) is 22.1 Å². The third-order valence-electron chi connectivity index (χ3n) is 5.65. The molecule has 0 spiro atoms. The first-order chi connectivity index (χ1) is 13.8. The Bertz CT molecular complexity index is 819. The molecule has 29 heavy (non-hydrogen) atoms. The van der Waals surface area contributed by atoms with E-state index in [1.807, 2.05) is 0 Å². The fourth-order valence-corrected chi connectivity index (χ4v) is 3.94. The molecule has 0 saturated carbocycles. The van der Waals surface area contributed by atoms with Crippen molar-refractivity contribution in [3.8, 4) is 0 Å². The molecule has 160 valence electrons. The van der Waals surface area contributed by atoms with Crippen LogP contribution in [0.3, 0.4) is 0 Å². The number of hydrogen-bond acceptors (Lipinski definition) is 4. The lowest BCUT2D eigenvalue weighted by molar-refractivity contribution is -0.136. The van der Waals surface area contributed by atoms with Gasteiger partial charge in [0.15, 0.2) is 0 Å². The highest BCUT2D eigenvalue weighted by atomic mass is 19.4. The van der Waals surface area contributed by atoms with Crippen LogP contribution in [0.4, 0.5) is 17.6 Å². The van der Waals surface area contributed by atoms with Gasteiger partial charge >= 0.3 is 6.18 Å².